The van der Waals surface area contributed by atoms with Gasteiger partial charge in [-0.1, -0.05) is 51.8 Å². The molecular formula is C24H17BrClNO3. The first-order valence-corrected chi connectivity index (χ1v) is 10.7. The van der Waals surface area contributed by atoms with Crippen molar-refractivity contribution in [1.82, 2.24) is 4.90 Å². The molecule has 0 amide bonds. The van der Waals surface area contributed by atoms with Gasteiger partial charge in [-0.2, -0.15) is 0 Å². The summed E-state index contributed by atoms with van der Waals surface area (Å²) in [5.41, 5.74) is 3.52. The average molecular weight is 483 g/mol. The number of rotatable bonds is 3. The molecule has 2 heterocycles. The van der Waals surface area contributed by atoms with Crippen LogP contribution in [-0.2, 0) is 13.1 Å². The van der Waals surface area contributed by atoms with Crippen LogP contribution in [0.2, 0.25) is 5.02 Å². The fourth-order valence-electron chi connectivity index (χ4n) is 3.70. The number of ether oxygens (including phenoxy) is 2. The number of Topliss-reactive ketones (excluding diaryl/α,β-unsaturated/α-hetero) is 1. The second-order valence-corrected chi connectivity index (χ2v) is 8.65. The summed E-state index contributed by atoms with van der Waals surface area (Å²) in [4.78, 5) is 15.1. The maximum Gasteiger partial charge on any atom is 0.231 e. The summed E-state index contributed by atoms with van der Waals surface area (Å²) in [5, 5.41) is 0.716. The van der Waals surface area contributed by atoms with E-state index in [2.05, 4.69) is 20.8 Å². The van der Waals surface area contributed by atoms with Gasteiger partial charge in [-0.05, 0) is 53.6 Å². The largest absolute Gasteiger partial charge is 0.478 e. The predicted octanol–water partition coefficient (Wildman–Crippen LogP) is 6.07. The van der Waals surface area contributed by atoms with Crippen LogP contribution in [0.25, 0.3) is 6.08 Å². The van der Waals surface area contributed by atoms with Gasteiger partial charge < -0.3 is 9.47 Å². The summed E-state index contributed by atoms with van der Waals surface area (Å²) in [6.45, 7) is 1.83. The highest BCUT2D eigenvalue weighted by Gasteiger charge is 2.33. The number of allylic oxidation sites excluding steroid dienone is 1. The first-order valence-electron chi connectivity index (χ1n) is 9.52. The van der Waals surface area contributed by atoms with Crippen LogP contribution in [0.1, 0.15) is 27.0 Å². The Morgan fingerprint density at radius 2 is 1.93 bits per heavy atom. The minimum atomic E-state index is -0.109. The number of hydrogen-bond donors (Lipinski definition) is 0. The fraction of sp³-hybridized carbons (Fsp3) is 0.125. The summed E-state index contributed by atoms with van der Waals surface area (Å²) in [7, 11) is 0. The number of benzene rings is 3. The van der Waals surface area contributed by atoms with E-state index in [4.69, 9.17) is 21.1 Å². The Kier molecular flexibility index (Phi) is 5.11. The summed E-state index contributed by atoms with van der Waals surface area (Å²) in [6.07, 6.45) is 1.77. The third kappa shape index (κ3) is 3.76. The molecule has 0 N–H and O–H groups in total. The molecule has 0 aromatic heterocycles. The molecule has 0 aliphatic carbocycles. The molecule has 30 heavy (non-hydrogen) atoms. The molecule has 0 spiro atoms. The van der Waals surface area contributed by atoms with Crippen LogP contribution >= 0.6 is 27.5 Å². The van der Waals surface area contributed by atoms with Crippen LogP contribution < -0.4 is 9.47 Å². The fourth-order valence-corrected chi connectivity index (χ4v) is 4.24. The van der Waals surface area contributed by atoms with Crippen LogP contribution in [0.3, 0.4) is 0 Å². The Morgan fingerprint density at radius 1 is 1.10 bits per heavy atom. The Balaban J connectivity index is 1.42. The van der Waals surface area contributed by atoms with Crippen molar-refractivity contribution < 1.29 is 14.3 Å². The lowest BCUT2D eigenvalue weighted by Gasteiger charge is -2.29. The molecule has 0 saturated heterocycles. The Labute approximate surface area is 187 Å². The van der Waals surface area contributed by atoms with Crippen LogP contribution in [-0.4, -0.2) is 17.4 Å². The predicted molar refractivity (Wildman–Crippen MR) is 120 cm³/mol. The van der Waals surface area contributed by atoms with E-state index in [9.17, 15) is 4.79 Å². The molecule has 4 nitrogen and oxygen atoms in total. The lowest BCUT2D eigenvalue weighted by atomic mass is 10.0. The van der Waals surface area contributed by atoms with Crippen LogP contribution in [0.15, 0.2) is 70.9 Å². The first kappa shape index (κ1) is 19.4. The Hall–Kier alpha value is -2.60. The lowest BCUT2D eigenvalue weighted by Crippen LogP contribution is -2.31. The van der Waals surface area contributed by atoms with E-state index in [1.165, 1.54) is 0 Å². The van der Waals surface area contributed by atoms with Crippen molar-refractivity contribution in [3.8, 4) is 11.5 Å². The Morgan fingerprint density at radius 3 is 2.73 bits per heavy atom. The highest BCUT2D eigenvalue weighted by Crippen LogP contribution is 2.42. The summed E-state index contributed by atoms with van der Waals surface area (Å²) in [6, 6.07) is 19.2. The third-order valence-electron chi connectivity index (χ3n) is 5.15. The van der Waals surface area contributed by atoms with Gasteiger partial charge in [0.25, 0.3) is 0 Å². The number of nitrogens with zero attached hydrogens (tertiary/aromatic N) is 1. The van der Waals surface area contributed by atoms with E-state index in [0.717, 1.165) is 33.5 Å². The molecule has 0 unspecified atom stereocenters. The van der Waals surface area contributed by atoms with Gasteiger partial charge in [0.05, 0.1) is 11.1 Å². The standard InChI is InChI=1S/C24H17BrClNO3/c25-17-3-1-2-16(10-17)11-22-23(28)19-8-9-21-20(24(19)30-22)13-27(14-29-21)12-15-4-6-18(26)7-5-15/h1-11H,12-14H2/b22-11-. The molecule has 0 radical (unpaired) electrons. The van der Waals surface area contributed by atoms with Crippen molar-refractivity contribution in [2.75, 3.05) is 6.73 Å². The van der Waals surface area contributed by atoms with Crippen molar-refractivity contribution >= 4 is 39.4 Å². The zero-order chi connectivity index (χ0) is 20.7. The monoisotopic (exact) mass is 481 g/mol. The van der Waals surface area contributed by atoms with E-state index in [0.29, 0.717) is 35.4 Å². The maximum absolute atomic E-state index is 12.9. The minimum Gasteiger partial charge on any atom is -0.478 e. The van der Waals surface area contributed by atoms with Gasteiger partial charge in [0, 0.05) is 22.6 Å². The number of halogens is 2. The summed E-state index contributed by atoms with van der Waals surface area (Å²) < 4.78 is 12.9. The molecule has 2 aliphatic rings. The van der Waals surface area contributed by atoms with Gasteiger partial charge in [0.2, 0.25) is 5.78 Å². The minimum absolute atomic E-state index is 0.109. The van der Waals surface area contributed by atoms with Crippen molar-refractivity contribution in [2.24, 2.45) is 0 Å². The maximum atomic E-state index is 12.9. The topological polar surface area (TPSA) is 38.8 Å². The zero-order valence-electron chi connectivity index (χ0n) is 15.9. The van der Waals surface area contributed by atoms with Gasteiger partial charge in [-0.15, -0.1) is 0 Å². The highest BCUT2D eigenvalue weighted by atomic mass is 79.9. The van der Waals surface area contributed by atoms with E-state index in [1.807, 2.05) is 54.6 Å². The molecule has 6 heteroatoms. The number of carbonyl (C=O) groups excluding carboxylic acids is 1. The number of hydrogen-bond acceptors (Lipinski definition) is 4. The van der Waals surface area contributed by atoms with E-state index < -0.39 is 0 Å². The quantitative estimate of drug-likeness (QED) is 0.425. The molecule has 3 aromatic rings. The second-order valence-electron chi connectivity index (χ2n) is 7.30. The molecule has 0 bridgehead atoms. The second kappa shape index (κ2) is 7.91. The molecule has 0 fully saturated rings. The normalized spacial score (nSPS) is 16.7. The number of ketones is 1. The van der Waals surface area contributed by atoms with Gasteiger partial charge >= 0.3 is 0 Å². The molecule has 0 saturated carbocycles. The lowest BCUT2D eigenvalue weighted by molar-refractivity contribution is 0.0873. The highest BCUT2D eigenvalue weighted by molar-refractivity contribution is 9.10. The van der Waals surface area contributed by atoms with E-state index >= 15 is 0 Å². The Bertz CT molecular complexity index is 1170. The van der Waals surface area contributed by atoms with Gasteiger partial charge in [0.1, 0.15) is 18.2 Å². The van der Waals surface area contributed by atoms with Crippen LogP contribution in [0.5, 0.6) is 11.5 Å². The van der Waals surface area contributed by atoms with Crippen LogP contribution in [0, 0.1) is 0 Å². The number of fused-ring (bicyclic) bond motifs is 3. The van der Waals surface area contributed by atoms with Crippen LogP contribution in [0.4, 0.5) is 0 Å². The zero-order valence-corrected chi connectivity index (χ0v) is 18.2. The summed E-state index contributed by atoms with van der Waals surface area (Å²) in [5.74, 6) is 1.58. The SMILES string of the molecule is O=C1/C(=C/c2cccc(Br)c2)Oc2c1ccc1c2CN(Cc2ccc(Cl)cc2)CO1. The molecule has 3 aromatic carbocycles. The van der Waals surface area contributed by atoms with Crippen molar-refractivity contribution in [3.05, 3.63) is 98.2 Å². The van der Waals surface area contributed by atoms with Gasteiger partial charge in [-0.3, -0.25) is 9.69 Å². The first-order chi connectivity index (χ1) is 14.6. The molecular weight excluding hydrogens is 466 g/mol. The smallest absolute Gasteiger partial charge is 0.231 e. The van der Waals surface area contributed by atoms with Gasteiger partial charge in [-0.25, -0.2) is 0 Å². The van der Waals surface area contributed by atoms with Gasteiger partial charge in [0.15, 0.2) is 5.76 Å². The molecule has 2 aliphatic heterocycles. The summed E-state index contributed by atoms with van der Waals surface area (Å²) >= 11 is 9.44. The molecule has 150 valence electrons. The third-order valence-corrected chi connectivity index (χ3v) is 5.89. The van der Waals surface area contributed by atoms with Crippen molar-refractivity contribution in [1.29, 1.82) is 0 Å². The van der Waals surface area contributed by atoms with E-state index in [-0.39, 0.29) is 5.78 Å². The molecule has 5 rings (SSSR count). The van der Waals surface area contributed by atoms with Crippen molar-refractivity contribution in [2.45, 2.75) is 13.1 Å². The van der Waals surface area contributed by atoms with Crippen molar-refractivity contribution in [3.63, 3.8) is 0 Å². The molecule has 0 atom stereocenters. The van der Waals surface area contributed by atoms with E-state index in [1.54, 1.807) is 12.1 Å². The number of carbonyl (C=O) groups is 1. The average Bonchev–Trinajstić information content (AvgIpc) is 3.06.